The van der Waals surface area contributed by atoms with Gasteiger partial charge in [0.15, 0.2) is 0 Å². The van der Waals surface area contributed by atoms with E-state index in [1.54, 1.807) is 0 Å². The van der Waals surface area contributed by atoms with Crippen molar-refractivity contribution in [1.29, 1.82) is 0 Å². The zero-order valence-corrected chi connectivity index (χ0v) is 17.6. The molecule has 0 aliphatic carbocycles. The molecule has 158 valence electrons. The largest absolute Gasteiger partial charge is 0.378 e. The highest BCUT2D eigenvalue weighted by Gasteiger charge is 2.25. The van der Waals surface area contributed by atoms with E-state index in [4.69, 9.17) is 14.7 Å². The van der Waals surface area contributed by atoms with Crippen LogP contribution in [0, 0.1) is 0 Å². The lowest BCUT2D eigenvalue weighted by molar-refractivity contribution is 0.122. The van der Waals surface area contributed by atoms with Crippen molar-refractivity contribution in [3.8, 4) is 0 Å². The Morgan fingerprint density at radius 2 is 1.93 bits per heavy atom. The van der Waals surface area contributed by atoms with E-state index in [-0.39, 0.29) is 5.56 Å². The predicted octanol–water partition coefficient (Wildman–Crippen LogP) is 2.10. The van der Waals surface area contributed by atoms with Gasteiger partial charge < -0.3 is 14.2 Å². The Kier molecular flexibility index (Phi) is 5.04. The van der Waals surface area contributed by atoms with E-state index in [0.29, 0.717) is 38.2 Å². The van der Waals surface area contributed by atoms with Crippen LogP contribution in [0.15, 0.2) is 29.1 Å². The van der Waals surface area contributed by atoms with Crippen molar-refractivity contribution in [2.24, 2.45) is 0 Å². The lowest BCUT2D eigenvalue weighted by atomic mass is 10.1. The van der Waals surface area contributed by atoms with Gasteiger partial charge in [0.25, 0.3) is 5.56 Å². The fourth-order valence-electron chi connectivity index (χ4n) is 4.52. The van der Waals surface area contributed by atoms with E-state index in [1.807, 2.05) is 6.07 Å². The molecule has 0 saturated carbocycles. The minimum atomic E-state index is -0.00411. The molecule has 2 aromatic heterocycles. The number of ether oxygens (including phenoxy) is 1. The van der Waals surface area contributed by atoms with Gasteiger partial charge in [0.2, 0.25) is 5.95 Å². The maximum Gasteiger partial charge on any atom is 0.255 e. The molecule has 30 heavy (non-hydrogen) atoms. The molecule has 3 aromatic rings. The van der Waals surface area contributed by atoms with E-state index >= 15 is 0 Å². The highest BCUT2D eigenvalue weighted by molar-refractivity contribution is 5.76. The summed E-state index contributed by atoms with van der Waals surface area (Å²) in [6.45, 7) is 9.46. The number of imidazole rings is 1. The third kappa shape index (κ3) is 3.50. The van der Waals surface area contributed by atoms with Gasteiger partial charge in [-0.2, -0.15) is 0 Å². The van der Waals surface area contributed by atoms with Gasteiger partial charge in [-0.05, 0) is 32.4 Å². The highest BCUT2D eigenvalue weighted by Crippen LogP contribution is 2.24. The van der Waals surface area contributed by atoms with E-state index in [2.05, 4.69) is 51.4 Å². The summed E-state index contributed by atoms with van der Waals surface area (Å²) >= 11 is 0. The zero-order chi connectivity index (χ0) is 20.7. The van der Waals surface area contributed by atoms with Crippen LogP contribution in [0.4, 0.5) is 5.95 Å². The quantitative estimate of drug-likeness (QED) is 0.712. The number of aromatic nitrogens is 4. The molecule has 0 atom stereocenters. The standard InChI is InChI=1S/C22H28N6O2/c1-15(2)28-19-6-4-3-5-17(19)23-20(28)14-26-8-7-16-18(13-26)24-22(25-21(16)29)27-9-11-30-12-10-27/h3-6,15H,7-14H2,1-2H3,(H,24,25,29). The highest BCUT2D eigenvalue weighted by atomic mass is 16.5. The van der Waals surface area contributed by atoms with Crippen molar-refractivity contribution in [2.45, 2.75) is 39.4 Å². The molecule has 1 aromatic carbocycles. The summed E-state index contributed by atoms with van der Waals surface area (Å²) in [6, 6.07) is 8.63. The number of anilines is 1. The smallest absolute Gasteiger partial charge is 0.255 e. The molecule has 1 saturated heterocycles. The number of aromatic amines is 1. The first-order chi connectivity index (χ1) is 14.6. The Morgan fingerprint density at radius 3 is 2.73 bits per heavy atom. The van der Waals surface area contributed by atoms with Crippen LogP contribution in [0.2, 0.25) is 0 Å². The fourth-order valence-corrected chi connectivity index (χ4v) is 4.52. The Hall–Kier alpha value is -2.71. The summed E-state index contributed by atoms with van der Waals surface area (Å²) in [5, 5.41) is 0. The first-order valence-electron chi connectivity index (χ1n) is 10.7. The molecule has 0 radical (unpaired) electrons. The van der Waals surface area contributed by atoms with Crippen molar-refractivity contribution in [3.63, 3.8) is 0 Å². The van der Waals surface area contributed by atoms with Gasteiger partial charge in [0.05, 0.1) is 36.5 Å². The number of rotatable bonds is 4. The van der Waals surface area contributed by atoms with Gasteiger partial charge in [-0.1, -0.05) is 12.1 Å². The minimum absolute atomic E-state index is 0.00411. The Morgan fingerprint density at radius 1 is 1.13 bits per heavy atom. The molecule has 8 nitrogen and oxygen atoms in total. The van der Waals surface area contributed by atoms with Crippen molar-refractivity contribution >= 4 is 17.0 Å². The molecular formula is C22H28N6O2. The molecule has 2 aliphatic rings. The second-order valence-corrected chi connectivity index (χ2v) is 8.36. The summed E-state index contributed by atoms with van der Waals surface area (Å²) in [6.07, 6.45) is 0.711. The van der Waals surface area contributed by atoms with Crippen LogP contribution in [0.5, 0.6) is 0 Å². The van der Waals surface area contributed by atoms with Gasteiger partial charge in [0.1, 0.15) is 5.82 Å². The summed E-state index contributed by atoms with van der Waals surface area (Å²) in [7, 11) is 0. The number of hydrogen-bond acceptors (Lipinski definition) is 6. The molecule has 1 N–H and O–H groups in total. The van der Waals surface area contributed by atoms with Gasteiger partial charge >= 0.3 is 0 Å². The number of benzene rings is 1. The number of para-hydroxylation sites is 2. The van der Waals surface area contributed by atoms with Gasteiger partial charge in [0, 0.05) is 37.8 Å². The van der Waals surface area contributed by atoms with Crippen LogP contribution < -0.4 is 10.5 Å². The van der Waals surface area contributed by atoms with E-state index in [1.165, 1.54) is 5.52 Å². The van der Waals surface area contributed by atoms with Crippen LogP contribution in [0.1, 0.15) is 37.0 Å². The number of nitrogens with zero attached hydrogens (tertiary/aromatic N) is 5. The van der Waals surface area contributed by atoms with Crippen LogP contribution in [-0.2, 0) is 24.2 Å². The molecule has 5 rings (SSSR count). The van der Waals surface area contributed by atoms with E-state index in [0.717, 1.165) is 48.8 Å². The summed E-state index contributed by atoms with van der Waals surface area (Å²) in [5.74, 6) is 1.73. The average molecular weight is 409 g/mol. The molecular weight excluding hydrogens is 380 g/mol. The van der Waals surface area contributed by atoms with E-state index in [9.17, 15) is 4.79 Å². The van der Waals surface area contributed by atoms with E-state index < -0.39 is 0 Å². The molecule has 0 unspecified atom stereocenters. The molecule has 0 amide bonds. The second-order valence-electron chi connectivity index (χ2n) is 8.36. The number of nitrogens with one attached hydrogen (secondary N) is 1. The third-order valence-corrected chi connectivity index (χ3v) is 6.00. The second kappa shape index (κ2) is 7.85. The van der Waals surface area contributed by atoms with Crippen LogP contribution in [-0.4, -0.2) is 57.3 Å². The topological polar surface area (TPSA) is 79.3 Å². The van der Waals surface area contributed by atoms with Gasteiger partial charge in [-0.15, -0.1) is 0 Å². The zero-order valence-electron chi connectivity index (χ0n) is 17.6. The maximum absolute atomic E-state index is 12.7. The predicted molar refractivity (Wildman–Crippen MR) is 116 cm³/mol. The monoisotopic (exact) mass is 408 g/mol. The third-order valence-electron chi connectivity index (χ3n) is 6.00. The normalized spacial score (nSPS) is 17.6. The van der Waals surface area contributed by atoms with Crippen LogP contribution >= 0.6 is 0 Å². The van der Waals surface area contributed by atoms with Gasteiger partial charge in [-0.25, -0.2) is 9.97 Å². The molecule has 8 heteroatoms. The van der Waals surface area contributed by atoms with Crippen molar-refractivity contribution in [2.75, 3.05) is 37.7 Å². The summed E-state index contributed by atoms with van der Waals surface area (Å²) < 4.78 is 7.74. The first-order valence-corrected chi connectivity index (χ1v) is 10.7. The Balaban J connectivity index is 1.42. The molecule has 2 aliphatic heterocycles. The lowest BCUT2D eigenvalue weighted by Crippen LogP contribution is -2.40. The maximum atomic E-state index is 12.7. The van der Waals surface area contributed by atoms with Gasteiger partial charge in [-0.3, -0.25) is 14.7 Å². The van der Waals surface area contributed by atoms with Crippen LogP contribution in [0.25, 0.3) is 11.0 Å². The minimum Gasteiger partial charge on any atom is -0.378 e. The summed E-state index contributed by atoms with van der Waals surface area (Å²) in [5.41, 5.74) is 3.90. The molecule has 1 fully saturated rings. The number of H-pyrrole nitrogens is 1. The Bertz CT molecular complexity index is 1110. The number of morpholine rings is 1. The SMILES string of the molecule is CC(C)n1c(CN2CCc3c(nc(N4CCOCC4)[nH]c3=O)C2)nc2ccccc21. The summed E-state index contributed by atoms with van der Waals surface area (Å²) in [4.78, 5) is 29.8. The van der Waals surface area contributed by atoms with Crippen LogP contribution in [0.3, 0.4) is 0 Å². The van der Waals surface area contributed by atoms with Crippen molar-refractivity contribution < 1.29 is 4.74 Å². The average Bonchev–Trinajstić information content (AvgIpc) is 3.12. The molecule has 0 bridgehead atoms. The first kappa shape index (κ1) is 19.3. The van der Waals surface area contributed by atoms with Crippen molar-refractivity contribution in [3.05, 3.63) is 51.7 Å². The molecule has 0 spiro atoms. The number of fused-ring (bicyclic) bond motifs is 2. The number of hydrogen-bond donors (Lipinski definition) is 1. The van der Waals surface area contributed by atoms with Crippen molar-refractivity contribution in [1.82, 2.24) is 24.4 Å². The lowest BCUT2D eigenvalue weighted by Gasteiger charge is -2.31. The Labute approximate surface area is 175 Å². The fraction of sp³-hybridized carbons (Fsp3) is 0.500. The molecule has 4 heterocycles.